The molecular weight excluding hydrogens is 386 g/mol. The van der Waals surface area contributed by atoms with Crippen LogP contribution in [0.5, 0.6) is 0 Å². The topological polar surface area (TPSA) is 84.6 Å². The Hall–Kier alpha value is -3.58. The van der Waals surface area contributed by atoms with Gasteiger partial charge in [0.05, 0.1) is 11.4 Å². The molecular formula is C22H17N3O3S. The quantitative estimate of drug-likeness (QED) is 0.549. The summed E-state index contributed by atoms with van der Waals surface area (Å²) < 4.78 is 1.37. The predicted octanol–water partition coefficient (Wildman–Crippen LogP) is 4.30. The molecule has 29 heavy (non-hydrogen) atoms. The number of benzene rings is 1. The number of pyridine rings is 1. The normalized spacial score (nSPS) is 11.4. The molecule has 0 saturated heterocycles. The van der Waals surface area contributed by atoms with Crippen molar-refractivity contribution in [2.45, 2.75) is 13.8 Å². The summed E-state index contributed by atoms with van der Waals surface area (Å²) in [4.78, 5) is 34.0. The molecule has 0 bridgehead atoms. The van der Waals surface area contributed by atoms with Gasteiger partial charge in [-0.25, -0.2) is 14.2 Å². The van der Waals surface area contributed by atoms with Gasteiger partial charge in [-0.2, -0.15) is 0 Å². The first kappa shape index (κ1) is 18.8. The molecule has 0 saturated carbocycles. The summed E-state index contributed by atoms with van der Waals surface area (Å²) in [5.74, 6) is -1.10. The van der Waals surface area contributed by atoms with Gasteiger partial charge in [-0.15, -0.1) is 0 Å². The molecule has 0 aliphatic rings. The highest BCUT2D eigenvalue weighted by atomic mass is 32.1. The van der Waals surface area contributed by atoms with E-state index in [0.29, 0.717) is 27.5 Å². The van der Waals surface area contributed by atoms with Crippen molar-refractivity contribution in [1.82, 2.24) is 14.4 Å². The summed E-state index contributed by atoms with van der Waals surface area (Å²) in [5.41, 5.74) is 3.68. The van der Waals surface area contributed by atoms with Crippen molar-refractivity contribution in [3.8, 4) is 11.3 Å². The molecule has 7 heteroatoms. The largest absolute Gasteiger partial charge is 0.477 e. The average Bonchev–Trinajstić information content (AvgIpc) is 3.10. The number of thiazole rings is 1. The molecule has 3 heterocycles. The van der Waals surface area contributed by atoms with Crippen LogP contribution in [0.2, 0.25) is 0 Å². The molecule has 3 aromatic heterocycles. The minimum Gasteiger partial charge on any atom is -0.477 e. The summed E-state index contributed by atoms with van der Waals surface area (Å²) in [7, 11) is 0. The molecule has 144 valence electrons. The molecule has 0 atom stereocenters. The highest BCUT2D eigenvalue weighted by molar-refractivity contribution is 7.19. The predicted molar refractivity (Wildman–Crippen MR) is 114 cm³/mol. The fourth-order valence-corrected chi connectivity index (χ4v) is 4.11. The molecule has 0 amide bonds. The highest BCUT2D eigenvalue weighted by Gasteiger charge is 2.23. The van der Waals surface area contributed by atoms with Gasteiger partial charge >= 0.3 is 5.97 Å². The Bertz CT molecular complexity index is 1320. The van der Waals surface area contributed by atoms with Crippen LogP contribution < -0.4 is 5.56 Å². The molecule has 0 spiro atoms. The van der Waals surface area contributed by atoms with Crippen molar-refractivity contribution >= 4 is 34.4 Å². The maximum atomic E-state index is 13.1. The lowest BCUT2D eigenvalue weighted by molar-refractivity contribution is 0.0702. The zero-order chi connectivity index (χ0) is 20.5. The molecule has 0 fully saturated rings. The van der Waals surface area contributed by atoms with Crippen LogP contribution in [0.1, 0.15) is 32.1 Å². The Kier molecular flexibility index (Phi) is 4.82. The van der Waals surface area contributed by atoms with Gasteiger partial charge in [0.2, 0.25) is 0 Å². The van der Waals surface area contributed by atoms with Crippen molar-refractivity contribution in [2.75, 3.05) is 0 Å². The van der Waals surface area contributed by atoms with E-state index in [1.807, 2.05) is 37.3 Å². The van der Waals surface area contributed by atoms with E-state index in [9.17, 15) is 14.7 Å². The number of aromatic carboxylic acids is 1. The number of nitrogens with zero attached hydrogens (tertiary/aromatic N) is 3. The van der Waals surface area contributed by atoms with Crippen molar-refractivity contribution in [1.29, 1.82) is 0 Å². The van der Waals surface area contributed by atoms with Gasteiger partial charge in [0, 0.05) is 23.5 Å². The van der Waals surface area contributed by atoms with Crippen LogP contribution in [-0.4, -0.2) is 25.4 Å². The number of rotatable bonds is 4. The maximum Gasteiger partial charge on any atom is 0.348 e. The average molecular weight is 403 g/mol. The fraction of sp³-hybridized carbons (Fsp3) is 0.0909. The summed E-state index contributed by atoms with van der Waals surface area (Å²) in [6.45, 7) is 3.71. The Labute approximate surface area is 170 Å². The van der Waals surface area contributed by atoms with Crippen molar-refractivity contribution in [3.63, 3.8) is 0 Å². The third-order valence-corrected chi connectivity index (χ3v) is 5.58. The molecule has 4 rings (SSSR count). The number of carbonyl (C=O) groups is 1. The molecule has 0 aliphatic heterocycles. The third-order valence-electron chi connectivity index (χ3n) is 4.55. The van der Waals surface area contributed by atoms with E-state index < -0.39 is 5.97 Å². The summed E-state index contributed by atoms with van der Waals surface area (Å²) in [6, 6.07) is 11.4. The number of fused-ring (bicyclic) bond motifs is 1. The number of carboxylic acid groups (broad SMARTS) is 1. The third kappa shape index (κ3) is 3.48. The first-order valence-corrected chi connectivity index (χ1v) is 9.72. The summed E-state index contributed by atoms with van der Waals surface area (Å²) in [5, 5.41) is 9.67. The monoisotopic (exact) mass is 403 g/mol. The van der Waals surface area contributed by atoms with Crippen LogP contribution in [-0.2, 0) is 0 Å². The maximum absolute atomic E-state index is 13.1. The van der Waals surface area contributed by atoms with Gasteiger partial charge < -0.3 is 5.11 Å². The first-order chi connectivity index (χ1) is 14.0. The van der Waals surface area contributed by atoms with Gasteiger partial charge in [0.1, 0.15) is 4.88 Å². The Morgan fingerprint density at radius 2 is 2.00 bits per heavy atom. The van der Waals surface area contributed by atoms with Crippen LogP contribution in [0, 0.1) is 13.8 Å². The van der Waals surface area contributed by atoms with Gasteiger partial charge in [-0.05, 0) is 37.6 Å². The molecule has 0 aliphatic carbocycles. The standard InChI is InChI=1S/C22H17N3O3S/c1-13-5-3-6-15(11-13)8-9-17-14(2)20(26)25-18(16-7-4-10-23-12-16)19(21(27)28)29-22(25)24-17/h3-12H,1-2H3,(H,27,28)/b9-8+. The molecule has 0 radical (unpaired) electrons. The van der Waals surface area contributed by atoms with E-state index in [-0.39, 0.29) is 10.4 Å². The minimum absolute atomic E-state index is 0.0572. The van der Waals surface area contributed by atoms with Crippen molar-refractivity contribution in [3.05, 3.63) is 86.4 Å². The lowest BCUT2D eigenvalue weighted by atomic mass is 10.1. The second-order valence-corrected chi connectivity index (χ2v) is 7.60. The number of aromatic nitrogens is 3. The highest BCUT2D eigenvalue weighted by Crippen LogP contribution is 2.30. The molecule has 0 unspecified atom stereocenters. The molecule has 4 aromatic rings. The van der Waals surface area contributed by atoms with E-state index in [1.165, 1.54) is 4.40 Å². The first-order valence-electron chi connectivity index (χ1n) is 8.90. The zero-order valence-electron chi connectivity index (χ0n) is 15.8. The molecule has 1 N–H and O–H groups in total. The minimum atomic E-state index is -1.10. The van der Waals surface area contributed by atoms with E-state index in [2.05, 4.69) is 9.97 Å². The zero-order valence-corrected chi connectivity index (χ0v) is 16.6. The molecule has 1 aromatic carbocycles. The number of hydrogen-bond donors (Lipinski definition) is 1. The van der Waals surface area contributed by atoms with E-state index in [4.69, 9.17) is 0 Å². The van der Waals surface area contributed by atoms with Crippen LogP contribution in [0.25, 0.3) is 28.4 Å². The van der Waals surface area contributed by atoms with E-state index >= 15 is 0 Å². The summed E-state index contributed by atoms with van der Waals surface area (Å²) >= 11 is 0.979. The smallest absolute Gasteiger partial charge is 0.348 e. The van der Waals surface area contributed by atoms with Crippen LogP contribution >= 0.6 is 11.3 Å². The number of hydrogen-bond acceptors (Lipinski definition) is 5. The number of aryl methyl sites for hydroxylation is 1. The van der Waals surface area contributed by atoms with Gasteiger partial charge in [-0.1, -0.05) is 47.2 Å². The van der Waals surface area contributed by atoms with Crippen LogP contribution in [0.3, 0.4) is 0 Å². The van der Waals surface area contributed by atoms with E-state index in [1.54, 1.807) is 37.5 Å². The van der Waals surface area contributed by atoms with Gasteiger partial charge in [0.25, 0.3) is 5.56 Å². The van der Waals surface area contributed by atoms with Gasteiger partial charge in [0.15, 0.2) is 4.96 Å². The van der Waals surface area contributed by atoms with Gasteiger partial charge in [-0.3, -0.25) is 9.78 Å². The Balaban J connectivity index is 1.92. The second-order valence-electron chi connectivity index (χ2n) is 6.62. The van der Waals surface area contributed by atoms with E-state index in [0.717, 1.165) is 22.5 Å². The van der Waals surface area contributed by atoms with Crippen molar-refractivity contribution < 1.29 is 9.90 Å². The van der Waals surface area contributed by atoms with Crippen LogP contribution in [0.15, 0.2) is 53.6 Å². The lowest BCUT2D eigenvalue weighted by Gasteiger charge is -2.05. The lowest BCUT2D eigenvalue weighted by Crippen LogP contribution is -2.19. The molecule has 6 nitrogen and oxygen atoms in total. The summed E-state index contributed by atoms with van der Waals surface area (Å²) in [6.07, 6.45) is 6.82. The van der Waals surface area contributed by atoms with Crippen molar-refractivity contribution in [2.24, 2.45) is 0 Å². The number of carboxylic acids is 1. The SMILES string of the molecule is Cc1cccc(/C=C/c2nc3sc(C(=O)O)c(-c4cccnc4)n3c(=O)c2C)c1. The Morgan fingerprint density at radius 1 is 1.17 bits per heavy atom. The second kappa shape index (κ2) is 7.44. The fourth-order valence-electron chi connectivity index (χ4n) is 3.13. The Morgan fingerprint density at radius 3 is 2.69 bits per heavy atom. The van der Waals surface area contributed by atoms with Crippen LogP contribution in [0.4, 0.5) is 0 Å².